The molecule has 0 fully saturated rings. The molecule has 1 nitrogen and oxygen atoms in total. The average Bonchev–Trinajstić information content (AvgIpc) is 2.47. The summed E-state index contributed by atoms with van der Waals surface area (Å²) in [6.07, 6.45) is 4.80. The van der Waals surface area contributed by atoms with E-state index in [0.29, 0.717) is 0 Å². The molecule has 0 amide bonds. The summed E-state index contributed by atoms with van der Waals surface area (Å²) in [5.41, 5.74) is 4.38. The van der Waals surface area contributed by atoms with Crippen LogP contribution in [0.1, 0.15) is 39.9 Å². The lowest BCUT2D eigenvalue weighted by Crippen LogP contribution is -2.06. The second kappa shape index (κ2) is 4.77. The van der Waals surface area contributed by atoms with Crippen LogP contribution in [0, 0.1) is 0 Å². The van der Waals surface area contributed by atoms with Gasteiger partial charge in [-0.1, -0.05) is 42.5 Å². The van der Waals surface area contributed by atoms with Gasteiger partial charge in [0.2, 0.25) is 0 Å². The van der Waals surface area contributed by atoms with Crippen LogP contribution in [-0.2, 0) is 12.8 Å². The predicted molar refractivity (Wildman–Crippen MR) is 73.0 cm³/mol. The van der Waals surface area contributed by atoms with Gasteiger partial charge in [-0.25, -0.2) is 0 Å². The third kappa shape index (κ3) is 2.08. The zero-order valence-corrected chi connectivity index (χ0v) is 10.4. The Morgan fingerprint density at radius 3 is 2.28 bits per heavy atom. The summed E-state index contributed by atoms with van der Waals surface area (Å²) in [5, 5.41) is 0. The number of carbonyl (C=O) groups is 1. The van der Waals surface area contributed by atoms with E-state index < -0.39 is 0 Å². The number of hydrogen-bond acceptors (Lipinski definition) is 1. The lowest BCUT2D eigenvalue weighted by molar-refractivity contribution is 0.103. The van der Waals surface area contributed by atoms with Crippen LogP contribution in [0.2, 0.25) is 0 Å². The quantitative estimate of drug-likeness (QED) is 0.725. The Balaban J connectivity index is 1.95. The van der Waals surface area contributed by atoms with E-state index in [0.717, 1.165) is 24.0 Å². The molecule has 1 heteroatoms. The van der Waals surface area contributed by atoms with Gasteiger partial charge in [0.15, 0.2) is 5.78 Å². The topological polar surface area (TPSA) is 17.1 Å². The molecule has 1 aliphatic carbocycles. The molecule has 0 bridgehead atoms. The summed E-state index contributed by atoms with van der Waals surface area (Å²) < 4.78 is 0. The Morgan fingerprint density at radius 2 is 1.50 bits per heavy atom. The minimum atomic E-state index is 0.129. The number of fused-ring (bicyclic) bond motifs is 1. The fraction of sp³-hybridized carbons (Fsp3) is 0.235. The summed E-state index contributed by atoms with van der Waals surface area (Å²) in [6.45, 7) is 0. The summed E-state index contributed by atoms with van der Waals surface area (Å²) in [7, 11) is 0. The Bertz CT molecular complexity index is 569. The molecule has 18 heavy (non-hydrogen) atoms. The summed E-state index contributed by atoms with van der Waals surface area (Å²) in [4.78, 5) is 12.3. The van der Waals surface area contributed by atoms with Crippen molar-refractivity contribution in [1.29, 1.82) is 0 Å². The molecule has 0 atom stereocenters. The van der Waals surface area contributed by atoms with Crippen molar-refractivity contribution in [1.82, 2.24) is 0 Å². The maximum Gasteiger partial charge on any atom is 0.193 e. The van der Waals surface area contributed by atoms with Crippen LogP contribution in [0.4, 0.5) is 0 Å². The maximum absolute atomic E-state index is 12.3. The molecule has 3 rings (SSSR count). The fourth-order valence-electron chi connectivity index (χ4n) is 2.63. The molecule has 0 aliphatic heterocycles. The van der Waals surface area contributed by atoms with E-state index in [4.69, 9.17) is 0 Å². The number of aryl methyl sites for hydroxylation is 2. The van der Waals surface area contributed by atoms with E-state index >= 15 is 0 Å². The molecule has 0 aromatic heterocycles. The van der Waals surface area contributed by atoms with E-state index in [1.165, 1.54) is 24.0 Å². The van der Waals surface area contributed by atoms with Gasteiger partial charge in [-0.3, -0.25) is 4.79 Å². The lowest BCUT2D eigenvalue weighted by Gasteiger charge is -2.16. The summed E-state index contributed by atoms with van der Waals surface area (Å²) >= 11 is 0. The predicted octanol–water partition coefficient (Wildman–Crippen LogP) is 3.80. The highest BCUT2D eigenvalue weighted by atomic mass is 16.1. The fourth-order valence-corrected chi connectivity index (χ4v) is 2.63. The van der Waals surface area contributed by atoms with Crippen molar-refractivity contribution in [3.8, 4) is 0 Å². The second-order valence-corrected chi connectivity index (χ2v) is 4.89. The van der Waals surface area contributed by atoms with Crippen molar-refractivity contribution >= 4 is 5.78 Å². The Morgan fingerprint density at radius 1 is 0.778 bits per heavy atom. The number of ketones is 1. The SMILES string of the molecule is O=C(c1ccccc1)c1ccc2c(c1)CCCC2. The molecule has 0 heterocycles. The van der Waals surface area contributed by atoms with Gasteiger partial charge in [0.05, 0.1) is 0 Å². The maximum atomic E-state index is 12.3. The zero-order chi connectivity index (χ0) is 12.4. The summed E-state index contributed by atoms with van der Waals surface area (Å²) in [6, 6.07) is 15.7. The van der Waals surface area contributed by atoms with E-state index in [1.54, 1.807) is 0 Å². The number of benzene rings is 2. The van der Waals surface area contributed by atoms with Gasteiger partial charge in [-0.15, -0.1) is 0 Å². The molecule has 1 aliphatic rings. The lowest BCUT2D eigenvalue weighted by atomic mass is 9.89. The second-order valence-electron chi connectivity index (χ2n) is 4.89. The first-order valence-electron chi connectivity index (χ1n) is 6.56. The van der Waals surface area contributed by atoms with Gasteiger partial charge >= 0.3 is 0 Å². The Labute approximate surface area is 107 Å². The van der Waals surface area contributed by atoms with Crippen molar-refractivity contribution in [2.45, 2.75) is 25.7 Å². The minimum Gasteiger partial charge on any atom is -0.289 e. The molecule has 0 saturated carbocycles. The van der Waals surface area contributed by atoms with Crippen molar-refractivity contribution in [2.24, 2.45) is 0 Å². The van der Waals surface area contributed by atoms with E-state index in [2.05, 4.69) is 12.1 Å². The number of hydrogen-bond donors (Lipinski definition) is 0. The highest BCUT2D eigenvalue weighted by molar-refractivity contribution is 6.09. The zero-order valence-electron chi connectivity index (χ0n) is 10.4. The normalized spacial score (nSPS) is 14.0. The molecular weight excluding hydrogens is 220 g/mol. The molecule has 2 aromatic carbocycles. The van der Waals surface area contributed by atoms with Gasteiger partial charge in [-0.05, 0) is 42.9 Å². The molecule has 0 unspecified atom stereocenters. The van der Waals surface area contributed by atoms with Crippen LogP contribution in [-0.4, -0.2) is 5.78 Å². The van der Waals surface area contributed by atoms with Gasteiger partial charge in [-0.2, -0.15) is 0 Å². The van der Waals surface area contributed by atoms with Gasteiger partial charge in [0.25, 0.3) is 0 Å². The van der Waals surface area contributed by atoms with Crippen LogP contribution in [0.25, 0.3) is 0 Å². The third-order valence-electron chi connectivity index (χ3n) is 3.65. The van der Waals surface area contributed by atoms with Crippen molar-refractivity contribution < 1.29 is 4.79 Å². The van der Waals surface area contributed by atoms with E-state index in [-0.39, 0.29) is 5.78 Å². The molecule has 0 N–H and O–H groups in total. The minimum absolute atomic E-state index is 0.129. The highest BCUT2D eigenvalue weighted by Gasteiger charge is 2.13. The summed E-state index contributed by atoms with van der Waals surface area (Å²) in [5.74, 6) is 0.129. The largest absolute Gasteiger partial charge is 0.289 e. The van der Waals surface area contributed by atoms with Crippen molar-refractivity contribution in [3.05, 3.63) is 70.8 Å². The first kappa shape index (κ1) is 11.2. The van der Waals surface area contributed by atoms with Crippen molar-refractivity contribution in [3.63, 3.8) is 0 Å². The average molecular weight is 236 g/mol. The molecule has 0 radical (unpaired) electrons. The third-order valence-corrected chi connectivity index (χ3v) is 3.65. The van der Waals surface area contributed by atoms with Crippen LogP contribution >= 0.6 is 0 Å². The molecule has 0 saturated heterocycles. The van der Waals surface area contributed by atoms with Gasteiger partial charge in [0, 0.05) is 11.1 Å². The van der Waals surface area contributed by atoms with E-state index in [9.17, 15) is 4.79 Å². The van der Waals surface area contributed by atoms with Crippen LogP contribution in [0.3, 0.4) is 0 Å². The van der Waals surface area contributed by atoms with Crippen LogP contribution < -0.4 is 0 Å². The highest BCUT2D eigenvalue weighted by Crippen LogP contribution is 2.23. The van der Waals surface area contributed by atoms with Gasteiger partial charge in [0.1, 0.15) is 0 Å². The number of rotatable bonds is 2. The van der Waals surface area contributed by atoms with Crippen LogP contribution in [0.15, 0.2) is 48.5 Å². The molecule has 2 aromatic rings. The monoisotopic (exact) mass is 236 g/mol. The smallest absolute Gasteiger partial charge is 0.193 e. The van der Waals surface area contributed by atoms with Crippen molar-refractivity contribution in [2.75, 3.05) is 0 Å². The van der Waals surface area contributed by atoms with Gasteiger partial charge < -0.3 is 0 Å². The Kier molecular flexibility index (Phi) is 2.97. The number of carbonyl (C=O) groups excluding carboxylic acids is 1. The van der Waals surface area contributed by atoms with Crippen LogP contribution in [0.5, 0.6) is 0 Å². The molecule has 90 valence electrons. The first-order chi connectivity index (χ1) is 8.84. The Hall–Kier alpha value is -1.89. The van der Waals surface area contributed by atoms with E-state index in [1.807, 2.05) is 36.4 Å². The molecular formula is C17H16O. The molecule has 0 spiro atoms. The standard InChI is InChI=1S/C17H16O/c18-17(14-7-2-1-3-8-14)16-11-10-13-6-4-5-9-15(13)12-16/h1-3,7-8,10-12H,4-6,9H2. The first-order valence-corrected chi connectivity index (χ1v) is 6.56.